The third-order valence-corrected chi connectivity index (χ3v) is 8.50. The summed E-state index contributed by atoms with van der Waals surface area (Å²) in [6.45, 7) is 6.81. The number of halogens is 2. The molecule has 2 aliphatic rings. The first-order valence-electron chi connectivity index (χ1n) is 14.6. The largest absolute Gasteiger partial charge is 0.345 e. The number of hydrogen-bond donors (Lipinski definition) is 2. The standard InChI is InChI=1S/C31H37Cl2N7O2/c1-30(2,3)15-12-25(20-8-10-21(11-9-20)28(41)34-19-26-36-38-39-37-26)40-29(42)27(22-16-23(32)18-24(33)17-22)35-31(40)13-6-4-5-7-14-31/h8-11,16-18,25H,4-7,12-15,19H2,1-3H3,(H,34,41)(H,36,37,38,39)/t25-/m1/s1. The fourth-order valence-corrected chi connectivity index (χ4v) is 6.49. The van der Waals surface area contributed by atoms with Gasteiger partial charge in [0.25, 0.3) is 11.8 Å². The van der Waals surface area contributed by atoms with E-state index >= 15 is 0 Å². The van der Waals surface area contributed by atoms with Crippen LogP contribution < -0.4 is 5.32 Å². The van der Waals surface area contributed by atoms with Gasteiger partial charge in [0.05, 0.1) is 12.6 Å². The number of H-pyrrole nitrogens is 1. The van der Waals surface area contributed by atoms with Crippen molar-refractivity contribution in [1.82, 2.24) is 30.8 Å². The molecule has 1 aliphatic carbocycles. The molecular weight excluding hydrogens is 573 g/mol. The van der Waals surface area contributed by atoms with E-state index in [1.54, 1.807) is 18.2 Å². The van der Waals surface area contributed by atoms with E-state index in [1.165, 1.54) is 0 Å². The van der Waals surface area contributed by atoms with E-state index in [0.29, 0.717) is 32.7 Å². The van der Waals surface area contributed by atoms with Crippen molar-refractivity contribution in [1.29, 1.82) is 0 Å². The monoisotopic (exact) mass is 609 g/mol. The Morgan fingerprint density at radius 2 is 1.71 bits per heavy atom. The predicted molar refractivity (Wildman–Crippen MR) is 163 cm³/mol. The number of rotatable bonds is 8. The maximum absolute atomic E-state index is 14.5. The smallest absolute Gasteiger partial charge is 0.275 e. The van der Waals surface area contributed by atoms with Crippen molar-refractivity contribution in [3.63, 3.8) is 0 Å². The lowest BCUT2D eigenvalue weighted by Gasteiger charge is -2.42. The van der Waals surface area contributed by atoms with Gasteiger partial charge in [-0.25, -0.2) is 0 Å². The molecule has 1 saturated carbocycles. The second-order valence-corrected chi connectivity index (χ2v) is 13.3. The number of aromatic nitrogens is 4. The fourth-order valence-electron chi connectivity index (χ4n) is 5.96. The number of aliphatic imine (C=N–C) groups is 1. The molecule has 0 radical (unpaired) electrons. The number of amides is 2. The zero-order chi connectivity index (χ0) is 29.9. The zero-order valence-electron chi connectivity index (χ0n) is 24.3. The van der Waals surface area contributed by atoms with E-state index in [2.05, 4.69) is 46.7 Å². The summed E-state index contributed by atoms with van der Waals surface area (Å²) in [5.41, 5.74) is 1.98. The van der Waals surface area contributed by atoms with Crippen LogP contribution >= 0.6 is 23.2 Å². The van der Waals surface area contributed by atoms with Crippen LogP contribution in [0.3, 0.4) is 0 Å². The molecule has 2 amide bonds. The third kappa shape index (κ3) is 6.84. The average Bonchev–Trinajstić information content (AvgIpc) is 3.48. The summed E-state index contributed by atoms with van der Waals surface area (Å²) in [6.07, 6.45) is 7.53. The molecular formula is C31H37Cl2N7O2. The number of carbonyl (C=O) groups is 2. The normalized spacial score (nSPS) is 17.7. The van der Waals surface area contributed by atoms with Gasteiger partial charge in [0, 0.05) is 21.2 Å². The van der Waals surface area contributed by atoms with Gasteiger partial charge in [0.1, 0.15) is 11.4 Å². The molecule has 2 N–H and O–H groups in total. The summed E-state index contributed by atoms with van der Waals surface area (Å²) >= 11 is 12.7. The molecule has 0 unspecified atom stereocenters. The maximum Gasteiger partial charge on any atom is 0.275 e. The number of aromatic amines is 1. The van der Waals surface area contributed by atoms with Crippen LogP contribution in [0, 0.1) is 5.41 Å². The Morgan fingerprint density at radius 1 is 1.05 bits per heavy atom. The Labute approximate surface area is 256 Å². The number of tetrazole rings is 1. The van der Waals surface area contributed by atoms with Gasteiger partial charge >= 0.3 is 0 Å². The van der Waals surface area contributed by atoms with E-state index in [-0.39, 0.29) is 29.8 Å². The molecule has 1 aliphatic heterocycles. The SMILES string of the molecule is CC(C)(C)CC[C@H](c1ccc(C(=O)NCc2nn[nH]n2)cc1)N1C(=O)C(c2cc(Cl)cc(Cl)c2)=NC12CCCCCC2. The Bertz CT molecular complexity index is 1420. The van der Waals surface area contributed by atoms with Gasteiger partial charge in [-0.05, 0) is 79.8 Å². The first-order valence-corrected chi connectivity index (χ1v) is 15.3. The van der Waals surface area contributed by atoms with E-state index in [4.69, 9.17) is 28.2 Å². The van der Waals surface area contributed by atoms with E-state index < -0.39 is 5.66 Å². The predicted octanol–water partition coefficient (Wildman–Crippen LogP) is 6.69. The van der Waals surface area contributed by atoms with Crippen molar-refractivity contribution in [3.8, 4) is 0 Å². The number of nitrogens with one attached hydrogen (secondary N) is 2. The molecule has 222 valence electrons. The zero-order valence-corrected chi connectivity index (χ0v) is 25.8. The number of carbonyl (C=O) groups excluding carboxylic acids is 2. The number of nitrogens with zero attached hydrogens (tertiary/aromatic N) is 5. The van der Waals surface area contributed by atoms with Crippen LogP contribution in [0.2, 0.25) is 10.0 Å². The van der Waals surface area contributed by atoms with Crippen molar-refractivity contribution in [2.45, 2.75) is 90.4 Å². The van der Waals surface area contributed by atoms with Crippen LogP contribution in [0.4, 0.5) is 0 Å². The number of benzene rings is 2. The van der Waals surface area contributed by atoms with Crippen LogP contribution in [-0.2, 0) is 11.3 Å². The van der Waals surface area contributed by atoms with Gasteiger partial charge in [-0.2, -0.15) is 5.21 Å². The van der Waals surface area contributed by atoms with Crippen molar-refractivity contribution >= 4 is 40.7 Å². The summed E-state index contributed by atoms with van der Waals surface area (Å²) in [7, 11) is 0. The first-order chi connectivity index (χ1) is 20.0. The van der Waals surface area contributed by atoms with Crippen LogP contribution in [0.15, 0.2) is 47.5 Å². The molecule has 2 aromatic carbocycles. The minimum Gasteiger partial charge on any atom is -0.345 e. The molecule has 9 nitrogen and oxygen atoms in total. The summed E-state index contributed by atoms with van der Waals surface area (Å²) in [5.74, 6) is 0.0647. The van der Waals surface area contributed by atoms with E-state index in [9.17, 15) is 9.59 Å². The summed E-state index contributed by atoms with van der Waals surface area (Å²) in [5, 5.41) is 17.4. The van der Waals surface area contributed by atoms with Gasteiger partial charge in [0.2, 0.25) is 0 Å². The lowest BCUT2D eigenvalue weighted by Crippen LogP contribution is -2.49. The molecule has 11 heteroatoms. The maximum atomic E-state index is 14.5. The summed E-state index contributed by atoms with van der Waals surface area (Å²) < 4.78 is 0. The quantitative estimate of drug-likeness (QED) is 0.295. The van der Waals surface area contributed by atoms with Gasteiger partial charge in [-0.3, -0.25) is 14.6 Å². The highest BCUT2D eigenvalue weighted by Gasteiger charge is 2.50. The molecule has 5 rings (SSSR count). The molecule has 42 heavy (non-hydrogen) atoms. The Balaban J connectivity index is 1.50. The van der Waals surface area contributed by atoms with Crippen LogP contribution in [0.5, 0.6) is 0 Å². The Kier molecular flexibility index (Phi) is 8.99. The molecule has 2 heterocycles. The molecule has 1 aromatic heterocycles. The highest BCUT2D eigenvalue weighted by Crippen LogP contribution is 2.46. The molecule has 3 aromatic rings. The molecule has 1 fully saturated rings. The van der Waals surface area contributed by atoms with Crippen molar-refractivity contribution in [2.75, 3.05) is 0 Å². The van der Waals surface area contributed by atoms with Gasteiger partial charge in [0.15, 0.2) is 5.82 Å². The highest BCUT2D eigenvalue weighted by atomic mass is 35.5. The Morgan fingerprint density at radius 3 is 2.31 bits per heavy atom. The van der Waals surface area contributed by atoms with E-state index in [1.807, 2.05) is 29.2 Å². The van der Waals surface area contributed by atoms with Crippen LogP contribution in [-0.4, -0.2) is 48.7 Å². The van der Waals surface area contributed by atoms with Gasteiger partial charge < -0.3 is 10.2 Å². The lowest BCUT2D eigenvalue weighted by molar-refractivity contribution is -0.132. The highest BCUT2D eigenvalue weighted by molar-refractivity contribution is 6.47. The van der Waals surface area contributed by atoms with Crippen LogP contribution in [0.25, 0.3) is 0 Å². The van der Waals surface area contributed by atoms with E-state index in [0.717, 1.165) is 56.9 Å². The van der Waals surface area contributed by atoms with Crippen LogP contribution in [0.1, 0.15) is 105 Å². The third-order valence-electron chi connectivity index (χ3n) is 8.06. The van der Waals surface area contributed by atoms with Gasteiger partial charge in [-0.15, -0.1) is 10.2 Å². The molecule has 1 atom stereocenters. The van der Waals surface area contributed by atoms with Gasteiger partial charge in [-0.1, -0.05) is 74.2 Å². The second kappa shape index (κ2) is 12.5. The topological polar surface area (TPSA) is 116 Å². The lowest BCUT2D eigenvalue weighted by atomic mass is 9.85. The summed E-state index contributed by atoms with van der Waals surface area (Å²) in [6, 6.07) is 12.5. The molecule has 0 bridgehead atoms. The van der Waals surface area contributed by atoms with Crippen molar-refractivity contribution < 1.29 is 9.59 Å². The number of hydrogen-bond acceptors (Lipinski definition) is 6. The fraction of sp³-hybridized carbons (Fsp3) is 0.484. The average molecular weight is 611 g/mol. The molecule has 1 spiro atoms. The summed E-state index contributed by atoms with van der Waals surface area (Å²) in [4.78, 5) is 34.5. The second-order valence-electron chi connectivity index (χ2n) is 12.4. The first kappa shape index (κ1) is 30.2. The molecule has 0 saturated heterocycles. The minimum atomic E-state index is -0.638. The van der Waals surface area contributed by atoms with Crippen molar-refractivity contribution in [3.05, 3.63) is 75.0 Å². The minimum absolute atomic E-state index is 0.0663. The Hall–Kier alpha value is -3.30. The van der Waals surface area contributed by atoms with Crippen molar-refractivity contribution in [2.24, 2.45) is 10.4 Å².